The largest absolute Gasteiger partial charge is 0.368 e. The van der Waals surface area contributed by atoms with Crippen LogP contribution in [0.2, 0.25) is 10.0 Å². The molecule has 1 aromatic rings. The first-order chi connectivity index (χ1) is 9.75. The number of amides is 1. The highest BCUT2D eigenvalue weighted by Gasteiger charge is 2.38. The quantitative estimate of drug-likeness (QED) is 0.774. The normalized spacial score (nSPS) is 20.4. The number of carbonyl (C=O) groups excluding carboxylic acids is 1. The van der Waals surface area contributed by atoms with Gasteiger partial charge in [-0.3, -0.25) is 4.79 Å². The third-order valence-electron chi connectivity index (χ3n) is 3.05. The van der Waals surface area contributed by atoms with Crippen molar-refractivity contribution in [2.75, 3.05) is 19.6 Å². The molecule has 0 aromatic heterocycles. The molecular formula is C11H12BrCl2N3O3S. The fraction of sp³-hybridized carbons (Fsp3) is 0.364. The summed E-state index contributed by atoms with van der Waals surface area (Å²) in [6.07, 6.45) is 0. The van der Waals surface area contributed by atoms with Gasteiger partial charge in [-0.25, -0.2) is 8.42 Å². The maximum atomic E-state index is 12.8. The molecule has 21 heavy (non-hydrogen) atoms. The van der Waals surface area contributed by atoms with Crippen molar-refractivity contribution in [3.8, 4) is 0 Å². The van der Waals surface area contributed by atoms with Crippen molar-refractivity contribution >= 4 is 55.1 Å². The molecule has 0 spiro atoms. The molecule has 1 aliphatic heterocycles. The number of benzene rings is 1. The van der Waals surface area contributed by atoms with E-state index in [1.165, 1.54) is 12.1 Å². The lowest BCUT2D eigenvalue weighted by molar-refractivity contribution is -0.122. The van der Waals surface area contributed by atoms with Crippen molar-refractivity contribution in [2.24, 2.45) is 5.73 Å². The van der Waals surface area contributed by atoms with Crippen LogP contribution in [0, 0.1) is 0 Å². The predicted molar refractivity (Wildman–Crippen MR) is 83.9 cm³/mol. The second kappa shape index (κ2) is 6.39. The molecule has 0 bridgehead atoms. The van der Waals surface area contributed by atoms with E-state index in [0.29, 0.717) is 11.0 Å². The first kappa shape index (κ1) is 17.0. The van der Waals surface area contributed by atoms with Crippen LogP contribution in [0.5, 0.6) is 0 Å². The minimum Gasteiger partial charge on any atom is -0.368 e. The summed E-state index contributed by atoms with van der Waals surface area (Å²) in [5, 5.41) is 2.89. The number of hydrogen-bond acceptors (Lipinski definition) is 4. The van der Waals surface area contributed by atoms with Gasteiger partial charge in [-0.2, -0.15) is 4.31 Å². The lowest BCUT2D eigenvalue weighted by Gasteiger charge is -2.33. The van der Waals surface area contributed by atoms with Crippen LogP contribution in [-0.2, 0) is 14.8 Å². The van der Waals surface area contributed by atoms with Crippen LogP contribution in [-0.4, -0.2) is 44.3 Å². The Kier molecular flexibility index (Phi) is 5.17. The maximum Gasteiger partial charge on any atom is 0.246 e. The number of nitrogens with zero attached hydrogens (tertiary/aromatic N) is 1. The minimum atomic E-state index is -4.03. The minimum absolute atomic E-state index is 0.0175. The molecule has 1 aliphatic rings. The number of piperazine rings is 1. The summed E-state index contributed by atoms with van der Waals surface area (Å²) < 4.78 is 27.1. The molecule has 1 aromatic carbocycles. The van der Waals surface area contributed by atoms with E-state index in [9.17, 15) is 13.2 Å². The first-order valence-corrected chi connectivity index (χ1v) is 8.90. The monoisotopic (exact) mass is 415 g/mol. The lowest BCUT2D eigenvalue weighted by atomic mass is 10.2. The van der Waals surface area contributed by atoms with Gasteiger partial charge in [0, 0.05) is 24.1 Å². The van der Waals surface area contributed by atoms with Crippen LogP contribution in [0.4, 0.5) is 0 Å². The van der Waals surface area contributed by atoms with Crippen LogP contribution < -0.4 is 11.1 Å². The Morgan fingerprint density at radius 2 is 1.95 bits per heavy atom. The highest BCUT2D eigenvalue weighted by Crippen LogP contribution is 2.35. The number of hydrogen-bond donors (Lipinski definition) is 2. The number of carbonyl (C=O) groups is 1. The molecule has 0 saturated carbocycles. The Labute approximate surface area is 140 Å². The third kappa shape index (κ3) is 3.35. The van der Waals surface area contributed by atoms with E-state index in [0.717, 1.165) is 4.31 Å². The van der Waals surface area contributed by atoms with Crippen LogP contribution in [0.3, 0.4) is 0 Å². The zero-order valence-electron chi connectivity index (χ0n) is 10.6. The van der Waals surface area contributed by atoms with Crippen molar-refractivity contribution < 1.29 is 13.2 Å². The second-order valence-corrected chi connectivity index (χ2v) is 7.99. The van der Waals surface area contributed by atoms with Gasteiger partial charge in [0.2, 0.25) is 15.9 Å². The van der Waals surface area contributed by atoms with Gasteiger partial charge in [-0.05, 0) is 12.1 Å². The molecule has 1 amide bonds. The van der Waals surface area contributed by atoms with Crippen molar-refractivity contribution in [3.63, 3.8) is 0 Å². The van der Waals surface area contributed by atoms with Gasteiger partial charge in [0.15, 0.2) is 0 Å². The summed E-state index contributed by atoms with van der Waals surface area (Å²) in [7, 11) is -4.03. The molecule has 10 heteroatoms. The summed E-state index contributed by atoms with van der Waals surface area (Å²) in [6, 6.07) is 1.89. The van der Waals surface area contributed by atoms with Crippen LogP contribution in [0.15, 0.2) is 21.5 Å². The molecule has 0 radical (unpaired) electrons. The molecule has 1 unspecified atom stereocenters. The van der Waals surface area contributed by atoms with Crippen molar-refractivity contribution in [1.29, 1.82) is 0 Å². The number of nitrogens with one attached hydrogen (secondary N) is 1. The van der Waals surface area contributed by atoms with Gasteiger partial charge in [0.05, 0.1) is 10.0 Å². The summed E-state index contributed by atoms with van der Waals surface area (Å²) in [5.74, 6) is -0.727. The van der Waals surface area contributed by atoms with E-state index in [2.05, 4.69) is 21.2 Å². The van der Waals surface area contributed by atoms with Gasteiger partial charge in [-0.15, -0.1) is 0 Å². The number of halogens is 3. The summed E-state index contributed by atoms with van der Waals surface area (Å²) in [4.78, 5) is 11.2. The van der Waals surface area contributed by atoms with Gasteiger partial charge >= 0.3 is 0 Å². The van der Waals surface area contributed by atoms with Crippen molar-refractivity contribution in [2.45, 2.75) is 10.9 Å². The Morgan fingerprint density at radius 3 is 2.48 bits per heavy atom. The highest BCUT2D eigenvalue weighted by molar-refractivity contribution is 9.10. The van der Waals surface area contributed by atoms with Gasteiger partial charge in [0.1, 0.15) is 10.9 Å². The van der Waals surface area contributed by atoms with Gasteiger partial charge < -0.3 is 11.1 Å². The molecule has 1 saturated heterocycles. The number of rotatable bonds is 3. The van der Waals surface area contributed by atoms with Crippen LogP contribution in [0.1, 0.15) is 0 Å². The lowest BCUT2D eigenvalue weighted by Crippen LogP contribution is -2.58. The molecular weight excluding hydrogens is 405 g/mol. The van der Waals surface area contributed by atoms with E-state index in [4.69, 9.17) is 28.9 Å². The van der Waals surface area contributed by atoms with Crippen molar-refractivity contribution in [3.05, 3.63) is 26.7 Å². The topological polar surface area (TPSA) is 92.5 Å². The number of primary amides is 1. The fourth-order valence-corrected chi connectivity index (χ4v) is 5.59. The molecule has 6 nitrogen and oxygen atoms in total. The number of nitrogens with two attached hydrogens (primary N) is 1. The molecule has 2 rings (SSSR count). The van der Waals surface area contributed by atoms with Gasteiger partial charge in [0.25, 0.3) is 0 Å². The predicted octanol–water partition coefficient (Wildman–Crippen LogP) is 1.20. The van der Waals surface area contributed by atoms with E-state index in [1.807, 2.05) is 0 Å². The Hall–Kier alpha value is -0.380. The van der Waals surface area contributed by atoms with E-state index < -0.39 is 22.0 Å². The smallest absolute Gasteiger partial charge is 0.246 e. The molecule has 3 N–H and O–H groups in total. The zero-order valence-corrected chi connectivity index (χ0v) is 14.6. The van der Waals surface area contributed by atoms with Crippen molar-refractivity contribution in [1.82, 2.24) is 9.62 Å². The van der Waals surface area contributed by atoms with E-state index >= 15 is 0 Å². The standard InChI is InChI=1S/C11H12BrCl2N3O3S/c12-6-3-7(13)10(8(14)4-6)21(19,20)17-2-1-16-5-9(17)11(15)18/h3-4,9,16H,1-2,5H2,(H2,15,18). The Morgan fingerprint density at radius 1 is 1.38 bits per heavy atom. The molecule has 116 valence electrons. The summed E-state index contributed by atoms with van der Waals surface area (Å²) >= 11 is 15.2. The molecule has 1 heterocycles. The second-order valence-electron chi connectivity index (χ2n) is 4.44. The molecule has 0 aliphatic carbocycles. The van der Waals surface area contributed by atoms with Gasteiger partial charge in [-0.1, -0.05) is 39.1 Å². The first-order valence-electron chi connectivity index (χ1n) is 5.91. The van der Waals surface area contributed by atoms with E-state index in [1.54, 1.807) is 0 Å². The maximum absolute atomic E-state index is 12.8. The number of sulfonamides is 1. The summed E-state index contributed by atoms with van der Waals surface area (Å²) in [5.41, 5.74) is 5.27. The molecule has 1 atom stereocenters. The average molecular weight is 417 g/mol. The molecule has 1 fully saturated rings. The Balaban J connectivity index is 2.53. The zero-order chi connectivity index (χ0) is 15.8. The third-order valence-corrected chi connectivity index (χ3v) is 6.34. The van der Waals surface area contributed by atoms with E-state index in [-0.39, 0.29) is 28.0 Å². The average Bonchev–Trinajstić information content (AvgIpc) is 2.37. The van der Waals surface area contributed by atoms with Crippen LogP contribution in [0.25, 0.3) is 0 Å². The fourth-order valence-electron chi connectivity index (χ4n) is 2.11. The van der Waals surface area contributed by atoms with Crippen LogP contribution >= 0.6 is 39.1 Å². The Bertz CT molecular complexity index is 660. The summed E-state index contributed by atoms with van der Waals surface area (Å²) in [6.45, 7) is 0.674. The SMILES string of the molecule is NC(=O)C1CNCCN1S(=O)(=O)c1c(Cl)cc(Br)cc1Cl. The highest BCUT2D eigenvalue weighted by atomic mass is 79.9.